The molecular weight excluding hydrogens is 337 g/mol. The molecule has 1 heterocycles. The molecule has 21 heavy (non-hydrogen) atoms. The lowest BCUT2D eigenvalue weighted by atomic mass is 10.1. The van der Waals surface area contributed by atoms with E-state index in [1.807, 2.05) is 6.07 Å². The Morgan fingerprint density at radius 3 is 2.71 bits per heavy atom. The number of hydrogen-bond donors (Lipinski definition) is 1. The molecule has 4 nitrogen and oxygen atoms in total. The molecule has 0 saturated carbocycles. The Balaban J connectivity index is 2.01. The average molecular weight is 348 g/mol. The van der Waals surface area contributed by atoms with Crippen molar-refractivity contribution in [3.05, 3.63) is 52.3 Å². The Kier molecular flexibility index (Phi) is 3.47. The first-order valence-corrected chi connectivity index (χ1v) is 6.99. The van der Waals surface area contributed by atoms with E-state index in [1.165, 1.54) is 6.07 Å². The van der Waals surface area contributed by atoms with Crippen LogP contribution in [0.25, 0.3) is 22.8 Å². The highest BCUT2D eigenvalue weighted by molar-refractivity contribution is 9.10. The first-order valence-electron chi connectivity index (χ1n) is 6.20. The molecule has 2 N–H and O–H groups in total. The first-order chi connectivity index (χ1) is 10.0. The van der Waals surface area contributed by atoms with Crippen LogP contribution in [0.15, 0.2) is 45.4 Å². The Morgan fingerprint density at radius 2 is 2.00 bits per heavy atom. The standard InChI is InChI=1S/C15H11BrFN3O/c1-8-2-3-9(6-12(8)17)14-19-15(21-20-14)11-5-4-10(16)7-13(11)18/h2-7H,18H2,1H3. The van der Waals surface area contributed by atoms with Crippen molar-refractivity contribution in [1.29, 1.82) is 0 Å². The van der Waals surface area contributed by atoms with Crippen LogP contribution in [0.5, 0.6) is 0 Å². The minimum atomic E-state index is -0.304. The molecule has 0 unspecified atom stereocenters. The first kappa shape index (κ1) is 13.8. The van der Waals surface area contributed by atoms with Crippen LogP contribution >= 0.6 is 15.9 Å². The van der Waals surface area contributed by atoms with Crippen molar-refractivity contribution in [3.63, 3.8) is 0 Å². The molecule has 2 aromatic carbocycles. The second kappa shape index (κ2) is 5.29. The van der Waals surface area contributed by atoms with Gasteiger partial charge in [0.25, 0.3) is 5.89 Å². The average Bonchev–Trinajstić information content (AvgIpc) is 2.91. The second-order valence-corrected chi connectivity index (χ2v) is 5.53. The smallest absolute Gasteiger partial charge is 0.260 e. The SMILES string of the molecule is Cc1ccc(-c2noc(-c3ccc(Br)cc3N)n2)cc1F. The quantitative estimate of drug-likeness (QED) is 0.705. The maximum absolute atomic E-state index is 13.6. The largest absolute Gasteiger partial charge is 0.398 e. The molecule has 0 saturated heterocycles. The molecule has 106 valence electrons. The topological polar surface area (TPSA) is 64.9 Å². The van der Waals surface area contributed by atoms with Gasteiger partial charge in [-0.05, 0) is 36.8 Å². The van der Waals surface area contributed by atoms with Gasteiger partial charge in [0.1, 0.15) is 5.82 Å². The van der Waals surface area contributed by atoms with Crippen LogP contribution in [-0.2, 0) is 0 Å². The van der Waals surface area contributed by atoms with Crippen LogP contribution in [-0.4, -0.2) is 10.1 Å². The van der Waals surface area contributed by atoms with Crippen LogP contribution in [0, 0.1) is 12.7 Å². The van der Waals surface area contributed by atoms with Crippen molar-refractivity contribution in [3.8, 4) is 22.8 Å². The maximum atomic E-state index is 13.6. The summed E-state index contributed by atoms with van der Waals surface area (Å²) in [6.45, 7) is 1.70. The molecule has 0 spiro atoms. The minimum absolute atomic E-state index is 0.302. The normalized spacial score (nSPS) is 10.8. The van der Waals surface area contributed by atoms with E-state index < -0.39 is 0 Å². The van der Waals surface area contributed by atoms with Crippen molar-refractivity contribution >= 4 is 21.6 Å². The summed E-state index contributed by atoms with van der Waals surface area (Å²) in [5.41, 5.74) is 8.22. The Labute approximate surface area is 128 Å². The molecule has 3 aromatic rings. The molecule has 0 fully saturated rings. The van der Waals surface area contributed by atoms with Gasteiger partial charge in [0.05, 0.1) is 5.56 Å². The lowest BCUT2D eigenvalue weighted by Gasteiger charge is -2.00. The van der Waals surface area contributed by atoms with Crippen LogP contribution in [0.3, 0.4) is 0 Å². The summed E-state index contributed by atoms with van der Waals surface area (Å²) in [5.74, 6) is 0.323. The van der Waals surface area contributed by atoms with Crippen molar-refractivity contribution in [1.82, 2.24) is 10.1 Å². The molecule has 0 aliphatic rings. The highest BCUT2D eigenvalue weighted by atomic mass is 79.9. The molecule has 0 radical (unpaired) electrons. The third-order valence-corrected chi connectivity index (χ3v) is 3.59. The summed E-state index contributed by atoms with van der Waals surface area (Å²) in [7, 11) is 0. The van der Waals surface area contributed by atoms with E-state index in [9.17, 15) is 4.39 Å². The molecular formula is C15H11BrFN3O. The third-order valence-electron chi connectivity index (χ3n) is 3.10. The van der Waals surface area contributed by atoms with Crippen molar-refractivity contribution in [2.45, 2.75) is 6.92 Å². The van der Waals surface area contributed by atoms with Gasteiger partial charge in [-0.3, -0.25) is 0 Å². The summed E-state index contributed by atoms with van der Waals surface area (Å²) >= 11 is 3.34. The summed E-state index contributed by atoms with van der Waals surface area (Å²) in [5, 5.41) is 3.88. The number of nitrogen functional groups attached to an aromatic ring is 1. The number of nitrogens with zero attached hydrogens (tertiary/aromatic N) is 2. The van der Waals surface area contributed by atoms with E-state index >= 15 is 0 Å². The summed E-state index contributed by atoms with van der Waals surface area (Å²) in [6, 6.07) is 10.2. The fraction of sp³-hybridized carbons (Fsp3) is 0.0667. The summed E-state index contributed by atoms with van der Waals surface area (Å²) in [6.07, 6.45) is 0. The third kappa shape index (κ3) is 2.67. The Hall–Kier alpha value is -2.21. The number of halogens is 2. The van der Waals surface area contributed by atoms with Crippen LogP contribution in [0.1, 0.15) is 5.56 Å². The molecule has 0 amide bonds. The molecule has 6 heteroatoms. The predicted molar refractivity (Wildman–Crippen MR) is 82.0 cm³/mol. The van der Waals surface area contributed by atoms with Gasteiger partial charge < -0.3 is 10.3 Å². The fourth-order valence-electron chi connectivity index (χ4n) is 1.91. The molecule has 0 aliphatic heterocycles. The number of rotatable bonds is 2. The van der Waals surface area contributed by atoms with Gasteiger partial charge in [-0.25, -0.2) is 4.39 Å². The second-order valence-electron chi connectivity index (χ2n) is 4.62. The van der Waals surface area contributed by atoms with Crippen LogP contribution in [0.2, 0.25) is 0 Å². The Morgan fingerprint density at radius 1 is 1.19 bits per heavy atom. The highest BCUT2D eigenvalue weighted by Gasteiger charge is 2.14. The summed E-state index contributed by atoms with van der Waals surface area (Å²) in [4.78, 5) is 4.27. The zero-order chi connectivity index (χ0) is 15.0. The summed E-state index contributed by atoms with van der Waals surface area (Å²) < 4.78 is 19.7. The van der Waals surface area contributed by atoms with Crippen molar-refractivity contribution in [2.75, 3.05) is 5.73 Å². The van der Waals surface area contributed by atoms with Crippen LogP contribution in [0.4, 0.5) is 10.1 Å². The van der Waals surface area contributed by atoms with E-state index in [4.69, 9.17) is 10.3 Å². The molecule has 1 aromatic heterocycles. The van der Waals surface area contributed by atoms with Crippen molar-refractivity contribution in [2.24, 2.45) is 0 Å². The number of aromatic nitrogens is 2. The zero-order valence-corrected chi connectivity index (χ0v) is 12.7. The molecule has 0 atom stereocenters. The highest BCUT2D eigenvalue weighted by Crippen LogP contribution is 2.29. The molecule has 0 aliphatic carbocycles. The molecule has 3 rings (SSSR count). The van der Waals surface area contributed by atoms with E-state index in [1.54, 1.807) is 31.2 Å². The lowest BCUT2D eigenvalue weighted by molar-refractivity contribution is 0.432. The van der Waals surface area contributed by atoms with Gasteiger partial charge in [0.15, 0.2) is 0 Å². The number of aryl methyl sites for hydroxylation is 1. The Bertz CT molecular complexity index is 816. The lowest BCUT2D eigenvalue weighted by Crippen LogP contribution is -1.90. The van der Waals surface area contributed by atoms with Crippen molar-refractivity contribution < 1.29 is 8.91 Å². The van der Waals surface area contributed by atoms with Gasteiger partial charge >= 0.3 is 0 Å². The predicted octanol–water partition coefficient (Wildman–Crippen LogP) is 4.20. The number of anilines is 1. The number of nitrogens with two attached hydrogens (primary N) is 1. The monoisotopic (exact) mass is 347 g/mol. The van der Waals surface area contributed by atoms with Crippen LogP contribution < -0.4 is 5.73 Å². The number of benzene rings is 2. The van der Waals surface area contributed by atoms with Gasteiger partial charge in [0.2, 0.25) is 5.82 Å². The van der Waals surface area contributed by atoms with E-state index in [0.29, 0.717) is 34.1 Å². The number of hydrogen-bond acceptors (Lipinski definition) is 4. The fourth-order valence-corrected chi connectivity index (χ4v) is 2.29. The maximum Gasteiger partial charge on any atom is 0.260 e. The van der Waals surface area contributed by atoms with Gasteiger partial charge in [-0.15, -0.1) is 0 Å². The van der Waals surface area contributed by atoms with E-state index in [0.717, 1.165) is 4.47 Å². The van der Waals surface area contributed by atoms with E-state index in [2.05, 4.69) is 26.1 Å². The zero-order valence-electron chi connectivity index (χ0n) is 11.1. The van der Waals surface area contributed by atoms with Gasteiger partial charge in [-0.1, -0.05) is 33.2 Å². The minimum Gasteiger partial charge on any atom is -0.398 e. The molecule has 0 bridgehead atoms. The van der Waals surface area contributed by atoms with Gasteiger partial charge in [-0.2, -0.15) is 4.98 Å². The van der Waals surface area contributed by atoms with Gasteiger partial charge in [0, 0.05) is 15.7 Å². The van der Waals surface area contributed by atoms with E-state index in [-0.39, 0.29) is 5.82 Å².